The van der Waals surface area contributed by atoms with Crippen LogP contribution in [0.1, 0.15) is 252 Å². The smallest absolute Gasteiger partial charge is 0.306 e. The Morgan fingerprint density at radius 3 is 0.836 bits per heavy atom. The van der Waals surface area contributed by atoms with Gasteiger partial charge in [-0.05, 0) is 116 Å². The summed E-state index contributed by atoms with van der Waals surface area (Å²) >= 11 is 0. The molecule has 0 aliphatic carbocycles. The Balaban J connectivity index is 4.15. The minimum Gasteiger partial charge on any atom is -0.462 e. The van der Waals surface area contributed by atoms with Gasteiger partial charge < -0.3 is 14.2 Å². The largest absolute Gasteiger partial charge is 0.462 e. The highest BCUT2D eigenvalue weighted by molar-refractivity contribution is 5.71. The molecule has 0 N–H and O–H groups in total. The van der Waals surface area contributed by atoms with Gasteiger partial charge in [-0.2, -0.15) is 0 Å². The van der Waals surface area contributed by atoms with Crippen molar-refractivity contribution in [3.05, 3.63) is 134 Å². The molecule has 0 aromatic rings. The standard InChI is InChI=1S/C67H108O6/c1-4-7-10-13-15-17-19-21-23-25-27-29-30-31-32-33-34-35-36-38-39-41-43-45-47-49-51-54-57-60-66(69)72-63-64(62-71-65(68)59-56-53-12-9-6-3)73-67(70)61-58-55-52-50-48-46-44-42-40-37-28-26-24-22-20-18-16-14-11-8-5-2/h7-8,10-11,15-18,21-24,27-29,31-32,34-35,37-39,64H,4-6,9,12-14,19-20,25-26,30,33,36,40-63H2,1-3H3/b10-7-,11-8-,17-15-,18-16-,23-21-,24-22-,29-27-,32-31-,35-34-,37-28-,39-38-. The van der Waals surface area contributed by atoms with Crippen molar-refractivity contribution in [3.63, 3.8) is 0 Å². The van der Waals surface area contributed by atoms with Gasteiger partial charge in [-0.3, -0.25) is 14.4 Å². The van der Waals surface area contributed by atoms with Crippen LogP contribution < -0.4 is 0 Å². The van der Waals surface area contributed by atoms with E-state index in [9.17, 15) is 14.4 Å². The summed E-state index contributed by atoms with van der Waals surface area (Å²) in [7, 11) is 0. The summed E-state index contributed by atoms with van der Waals surface area (Å²) in [6.45, 7) is 6.31. The Morgan fingerprint density at radius 1 is 0.288 bits per heavy atom. The molecule has 6 heteroatoms. The van der Waals surface area contributed by atoms with Crippen molar-refractivity contribution in [3.8, 4) is 0 Å². The van der Waals surface area contributed by atoms with Gasteiger partial charge in [0.1, 0.15) is 13.2 Å². The molecule has 0 spiro atoms. The SMILES string of the molecule is CC/C=C\C/C=C\C/C=C\C/C=C\C/C=C\C/C=C\C/C=C\CCCCCCCCCC(=O)OCC(COC(=O)CCCCCCC)OC(=O)CCCCCCCCCC/C=C\C/C=C\C/C=C\C/C=C\CC. The lowest BCUT2D eigenvalue weighted by atomic mass is 10.1. The van der Waals surface area contributed by atoms with E-state index >= 15 is 0 Å². The minimum atomic E-state index is -0.788. The normalized spacial score (nSPS) is 13.1. The van der Waals surface area contributed by atoms with Gasteiger partial charge >= 0.3 is 17.9 Å². The molecule has 0 aromatic heterocycles. The van der Waals surface area contributed by atoms with Crippen LogP contribution in [-0.2, 0) is 28.6 Å². The fourth-order valence-corrected chi connectivity index (χ4v) is 7.77. The van der Waals surface area contributed by atoms with Crippen molar-refractivity contribution in [2.45, 2.75) is 258 Å². The number of carbonyl (C=O) groups is 3. The van der Waals surface area contributed by atoms with Crippen molar-refractivity contribution < 1.29 is 28.6 Å². The molecule has 0 fully saturated rings. The van der Waals surface area contributed by atoms with Crippen molar-refractivity contribution in [1.82, 2.24) is 0 Å². The lowest BCUT2D eigenvalue weighted by Crippen LogP contribution is -2.30. The number of rotatable bonds is 52. The summed E-state index contributed by atoms with van der Waals surface area (Å²) in [5.74, 6) is -0.926. The molecule has 1 unspecified atom stereocenters. The first-order valence-electron chi connectivity index (χ1n) is 29.7. The molecule has 0 rings (SSSR count). The van der Waals surface area contributed by atoms with Crippen LogP contribution in [-0.4, -0.2) is 37.2 Å². The van der Waals surface area contributed by atoms with Crippen molar-refractivity contribution >= 4 is 17.9 Å². The molecular weight excluding hydrogens is 901 g/mol. The highest BCUT2D eigenvalue weighted by Crippen LogP contribution is 2.14. The van der Waals surface area contributed by atoms with Crippen LogP contribution in [0.3, 0.4) is 0 Å². The summed E-state index contributed by atoms with van der Waals surface area (Å²) in [6, 6.07) is 0. The van der Waals surface area contributed by atoms with Crippen LogP contribution in [0, 0.1) is 0 Å². The van der Waals surface area contributed by atoms with E-state index in [1.807, 2.05) is 0 Å². The van der Waals surface area contributed by atoms with Crippen LogP contribution in [0.15, 0.2) is 134 Å². The van der Waals surface area contributed by atoms with Gasteiger partial charge in [-0.25, -0.2) is 0 Å². The number of allylic oxidation sites excluding steroid dienone is 22. The third-order valence-corrected chi connectivity index (χ3v) is 12.2. The highest BCUT2D eigenvalue weighted by atomic mass is 16.6. The van der Waals surface area contributed by atoms with Crippen LogP contribution in [0.4, 0.5) is 0 Å². The van der Waals surface area contributed by atoms with Gasteiger partial charge in [0.25, 0.3) is 0 Å². The van der Waals surface area contributed by atoms with Gasteiger partial charge in [0, 0.05) is 19.3 Å². The molecule has 0 amide bonds. The Morgan fingerprint density at radius 2 is 0.534 bits per heavy atom. The average Bonchev–Trinajstić information content (AvgIpc) is 3.39. The number of ether oxygens (including phenoxy) is 3. The maximum absolute atomic E-state index is 12.8. The van der Waals surface area contributed by atoms with E-state index in [0.29, 0.717) is 19.3 Å². The average molecular weight is 1010 g/mol. The summed E-state index contributed by atoms with van der Waals surface area (Å²) < 4.78 is 16.7. The Kier molecular flexibility index (Phi) is 56.4. The third-order valence-electron chi connectivity index (χ3n) is 12.2. The maximum Gasteiger partial charge on any atom is 0.306 e. The van der Waals surface area contributed by atoms with Crippen molar-refractivity contribution in [1.29, 1.82) is 0 Å². The first-order chi connectivity index (χ1) is 36.0. The second-order valence-electron chi connectivity index (χ2n) is 19.1. The van der Waals surface area contributed by atoms with Gasteiger partial charge in [-0.1, -0.05) is 251 Å². The zero-order valence-corrected chi connectivity index (χ0v) is 47.1. The fraction of sp³-hybridized carbons (Fsp3) is 0.627. The molecule has 0 bridgehead atoms. The monoisotopic (exact) mass is 1010 g/mol. The quantitative estimate of drug-likeness (QED) is 0.0261. The number of unbranched alkanes of at least 4 members (excludes halogenated alkanes) is 19. The molecule has 0 radical (unpaired) electrons. The first kappa shape index (κ1) is 68.6. The van der Waals surface area contributed by atoms with Crippen molar-refractivity contribution in [2.24, 2.45) is 0 Å². The van der Waals surface area contributed by atoms with E-state index in [4.69, 9.17) is 14.2 Å². The molecule has 73 heavy (non-hydrogen) atoms. The van der Waals surface area contributed by atoms with E-state index in [-0.39, 0.29) is 31.1 Å². The highest BCUT2D eigenvalue weighted by Gasteiger charge is 2.19. The lowest BCUT2D eigenvalue weighted by Gasteiger charge is -2.18. The molecule has 0 saturated heterocycles. The molecular formula is C67H108O6. The van der Waals surface area contributed by atoms with Gasteiger partial charge in [0.15, 0.2) is 6.10 Å². The molecule has 0 aliphatic heterocycles. The number of hydrogen-bond donors (Lipinski definition) is 0. The molecule has 0 heterocycles. The summed E-state index contributed by atoms with van der Waals surface area (Å²) in [4.78, 5) is 37.9. The molecule has 412 valence electrons. The van der Waals surface area contributed by atoms with Gasteiger partial charge in [0.05, 0.1) is 0 Å². The maximum atomic E-state index is 12.8. The predicted molar refractivity (Wildman–Crippen MR) is 316 cm³/mol. The second-order valence-corrected chi connectivity index (χ2v) is 19.1. The van der Waals surface area contributed by atoms with E-state index in [1.54, 1.807) is 0 Å². The van der Waals surface area contributed by atoms with Crippen LogP contribution >= 0.6 is 0 Å². The number of carbonyl (C=O) groups excluding carboxylic acids is 3. The van der Waals surface area contributed by atoms with Gasteiger partial charge in [-0.15, -0.1) is 0 Å². The molecule has 1 atom stereocenters. The Labute approximate surface area is 449 Å². The lowest BCUT2D eigenvalue weighted by molar-refractivity contribution is -0.167. The molecule has 0 aromatic carbocycles. The van der Waals surface area contributed by atoms with E-state index in [2.05, 4.69) is 154 Å². The zero-order chi connectivity index (χ0) is 52.9. The topological polar surface area (TPSA) is 78.9 Å². The van der Waals surface area contributed by atoms with Crippen LogP contribution in [0.5, 0.6) is 0 Å². The molecule has 0 saturated carbocycles. The van der Waals surface area contributed by atoms with E-state index in [1.165, 1.54) is 57.8 Å². The molecule has 6 nitrogen and oxygen atoms in total. The number of esters is 3. The second kappa shape index (κ2) is 60.1. The predicted octanol–water partition coefficient (Wildman–Crippen LogP) is 20.2. The zero-order valence-electron chi connectivity index (χ0n) is 47.1. The Bertz CT molecular complexity index is 1580. The summed E-state index contributed by atoms with van der Waals surface area (Å²) in [6.07, 6.45) is 84.9. The van der Waals surface area contributed by atoms with Gasteiger partial charge in [0.2, 0.25) is 0 Å². The fourth-order valence-electron chi connectivity index (χ4n) is 7.77. The summed E-state index contributed by atoms with van der Waals surface area (Å²) in [5, 5.41) is 0. The Hall–Kier alpha value is -4.45. The summed E-state index contributed by atoms with van der Waals surface area (Å²) in [5.41, 5.74) is 0. The van der Waals surface area contributed by atoms with Crippen LogP contribution in [0.25, 0.3) is 0 Å². The van der Waals surface area contributed by atoms with E-state index in [0.717, 1.165) is 154 Å². The molecule has 0 aliphatic rings. The number of hydrogen-bond acceptors (Lipinski definition) is 6. The first-order valence-corrected chi connectivity index (χ1v) is 29.7. The minimum absolute atomic E-state index is 0.0889. The van der Waals surface area contributed by atoms with Crippen molar-refractivity contribution in [2.75, 3.05) is 13.2 Å². The third kappa shape index (κ3) is 58.3. The van der Waals surface area contributed by atoms with Crippen LogP contribution in [0.2, 0.25) is 0 Å². The van der Waals surface area contributed by atoms with E-state index < -0.39 is 6.10 Å².